The summed E-state index contributed by atoms with van der Waals surface area (Å²) in [6.07, 6.45) is 0.783. The fourth-order valence-electron chi connectivity index (χ4n) is 1.62. The Morgan fingerprint density at radius 1 is 1.44 bits per heavy atom. The molecule has 1 aromatic heterocycles. The van der Waals surface area contributed by atoms with Gasteiger partial charge in [0.1, 0.15) is 11.3 Å². The van der Waals surface area contributed by atoms with Crippen LogP contribution in [-0.4, -0.2) is 16.2 Å². The van der Waals surface area contributed by atoms with Gasteiger partial charge >= 0.3 is 0 Å². The summed E-state index contributed by atoms with van der Waals surface area (Å²) in [6, 6.07) is 6.64. The van der Waals surface area contributed by atoms with Crippen molar-refractivity contribution in [3.05, 3.63) is 41.2 Å². The topological polar surface area (TPSA) is 51.8 Å². The number of aromatic nitrogens is 2. The van der Waals surface area contributed by atoms with E-state index in [1.165, 1.54) is 29.2 Å². The second kappa shape index (κ2) is 6.26. The first-order valence-corrected chi connectivity index (χ1v) is 7.41. The maximum absolute atomic E-state index is 13.9. The molecule has 0 fully saturated rings. The van der Waals surface area contributed by atoms with Gasteiger partial charge in [-0.2, -0.15) is 0 Å². The summed E-state index contributed by atoms with van der Waals surface area (Å²) in [5, 5.41) is 7.64. The van der Waals surface area contributed by atoms with Gasteiger partial charge in [-0.1, -0.05) is 48.2 Å². The monoisotopic (exact) mass is 283 g/mol. The Kier molecular flexibility index (Phi) is 4.68. The summed E-state index contributed by atoms with van der Waals surface area (Å²) in [6.45, 7) is 2.00. The van der Waals surface area contributed by atoms with E-state index in [0.717, 1.165) is 10.8 Å². The number of benzene rings is 1. The summed E-state index contributed by atoms with van der Waals surface area (Å²) in [7, 11) is 0. The molecule has 0 saturated carbocycles. The van der Waals surface area contributed by atoms with Crippen molar-refractivity contribution in [2.24, 2.45) is 5.73 Å². The largest absolute Gasteiger partial charge is 0.326 e. The molecule has 0 amide bonds. The first-order valence-electron chi connectivity index (χ1n) is 5.65. The molecule has 0 saturated heterocycles. The summed E-state index contributed by atoms with van der Waals surface area (Å²) < 4.78 is 14.7. The Morgan fingerprint density at radius 2 is 2.22 bits per heavy atom. The van der Waals surface area contributed by atoms with Crippen LogP contribution in [0.2, 0.25) is 0 Å². The second-order valence-electron chi connectivity index (χ2n) is 3.84. The molecule has 2 unspecified atom stereocenters. The van der Waals surface area contributed by atoms with Crippen LogP contribution in [0.15, 0.2) is 34.1 Å². The summed E-state index contributed by atoms with van der Waals surface area (Å²) in [4.78, 5) is 0. The van der Waals surface area contributed by atoms with Crippen LogP contribution in [0.1, 0.15) is 24.2 Å². The zero-order chi connectivity index (χ0) is 13.0. The van der Waals surface area contributed by atoms with E-state index in [2.05, 4.69) is 10.2 Å². The fraction of sp³-hybridized carbons (Fsp3) is 0.333. The third-order valence-corrected chi connectivity index (χ3v) is 4.84. The SMILES string of the molecule is CCC(N)C(Sc1nncs1)c1ccccc1F. The van der Waals surface area contributed by atoms with Crippen LogP contribution in [0.4, 0.5) is 4.39 Å². The Hall–Kier alpha value is -0.980. The summed E-state index contributed by atoms with van der Waals surface area (Å²) in [5.41, 5.74) is 8.40. The van der Waals surface area contributed by atoms with Crippen molar-refractivity contribution in [2.75, 3.05) is 0 Å². The predicted octanol–water partition coefficient (Wildman–Crippen LogP) is 3.25. The molecule has 0 radical (unpaired) electrons. The quantitative estimate of drug-likeness (QED) is 0.856. The van der Waals surface area contributed by atoms with E-state index in [9.17, 15) is 4.39 Å². The van der Waals surface area contributed by atoms with Crippen LogP contribution in [-0.2, 0) is 0 Å². The lowest BCUT2D eigenvalue weighted by molar-refractivity contribution is 0.572. The van der Waals surface area contributed by atoms with Gasteiger partial charge < -0.3 is 5.73 Å². The number of nitrogens with two attached hydrogens (primary N) is 1. The number of rotatable bonds is 5. The Morgan fingerprint density at radius 3 is 2.83 bits per heavy atom. The van der Waals surface area contributed by atoms with Crippen molar-refractivity contribution in [2.45, 2.75) is 29.0 Å². The van der Waals surface area contributed by atoms with Crippen LogP contribution >= 0.6 is 23.1 Å². The molecule has 0 aliphatic heterocycles. The van der Waals surface area contributed by atoms with Crippen LogP contribution in [0.3, 0.4) is 0 Å². The molecule has 2 atom stereocenters. The lowest BCUT2D eigenvalue weighted by atomic mass is 10.0. The normalized spacial score (nSPS) is 14.4. The number of hydrogen-bond acceptors (Lipinski definition) is 5. The summed E-state index contributed by atoms with van der Waals surface area (Å²) >= 11 is 2.92. The first kappa shape index (κ1) is 13.5. The second-order valence-corrected chi connectivity index (χ2v) is 6.06. The lowest BCUT2D eigenvalue weighted by Crippen LogP contribution is -2.26. The maximum atomic E-state index is 13.9. The zero-order valence-electron chi connectivity index (χ0n) is 9.91. The minimum absolute atomic E-state index is 0.115. The average molecular weight is 283 g/mol. The molecule has 2 aromatic rings. The number of hydrogen-bond donors (Lipinski definition) is 1. The van der Waals surface area contributed by atoms with Gasteiger partial charge in [0.2, 0.25) is 0 Å². The van der Waals surface area contributed by atoms with E-state index >= 15 is 0 Å². The number of thioether (sulfide) groups is 1. The van der Waals surface area contributed by atoms with Gasteiger partial charge in [0.25, 0.3) is 0 Å². The Balaban J connectivity index is 2.28. The van der Waals surface area contributed by atoms with Crippen molar-refractivity contribution in [1.29, 1.82) is 0 Å². The number of halogens is 1. The van der Waals surface area contributed by atoms with Gasteiger partial charge in [-0.05, 0) is 12.5 Å². The summed E-state index contributed by atoms with van der Waals surface area (Å²) in [5.74, 6) is -0.219. The molecule has 0 aliphatic rings. The van der Waals surface area contributed by atoms with Crippen molar-refractivity contribution in [3.8, 4) is 0 Å². The third-order valence-electron chi connectivity index (χ3n) is 2.64. The van der Waals surface area contributed by atoms with Gasteiger partial charge in [0, 0.05) is 11.6 Å². The smallest absolute Gasteiger partial charge is 0.174 e. The molecule has 6 heteroatoms. The molecule has 1 aromatic carbocycles. The predicted molar refractivity (Wildman–Crippen MR) is 73.2 cm³/mol. The zero-order valence-corrected chi connectivity index (χ0v) is 11.5. The van der Waals surface area contributed by atoms with Gasteiger partial charge in [-0.3, -0.25) is 0 Å². The van der Waals surface area contributed by atoms with Gasteiger partial charge in [0.15, 0.2) is 4.34 Å². The van der Waals surface area contributed by atoms with Crippen LogP contribution < -0.4 is 5.73 Å². The average Bonchev–Trinajstić information content (AvgIpc) is 2.89. The van der Waals surface area contributed by atoms with E-state index in [4.69, 9.17) is 5.73 Å². The van der Waals surface area contributed by atoms with Crippen molar-refractivity contribution >= 4 is 23.1 Å². The number of nitrogens with zero attached hydrogens (tertiary/aromatic N) is 2. The first-order chi connectivity index (χ1) is 8.72. The van der Waals surface area contributed by atoms with Gasteiger partial charge in [-0.15, -0.1) is 10.2 Å². The molecular formula is C12H14FN3S2. The van der Waals surface area contributed by atoms with E-state index in [1.54, 1.807) is 17.6 Å². The molecule has 0 bridgehead atoms. The van der Waals surface area contributed by atoms with Gasteiger partial charge in [0.05, 0.1) is 5.25 Å². The molecule has 0 aliphatic carbocycles. The lowest BCUT2D eigenvalue weighted by Gasteiger charge is -2.22. The molecule has 18 heavy (non-hydrogen) atoms. The maximum Gasteiger partial charge on any atom is 0.174 e. The van der Waals surface area contributed by atoms with E-state index in [-0.39, 0.29) is 17.1 Å². The Labute approximate surface area is 114 Å². The van der Waals surface area contributed by atoms with Crippen LogP contribution in [0.5, 0.6) is 0 Å². The van der Waals surface area contributed by atoms with E-state index < -0.39 is 0 Å². The molecule has 96 valence electrons. The van der Waals surface area contributed by atoms with Crippen molar-refractivity contribution < 1.29 is 4.39 Å². The fourth-order valence-corrected chi connectivity index (χ4v) is 3.56. The molecule has 3 nitrogen and oxygen atoms in total. The van der Waals surface area contributed by atoms with Crippen LogP contribution in [0.25, 0.3) is 0 Å². The molecule has 2 rings (SSSR count). The van der Waals surface area contributed by atoms with Gasteiger partial charge in [-0.25, -0.2) is 4.39 Å². The van der Waals surface area contributed by atoms with E-state index in [1.807, 2.05) is 13.0 Å². The van der Waals surface area contributed by atoms with Crippen molar-refractivity contribution in [1.82, 2.24) is 10.2 Å². The van der Waals surface area contributed by atoms with Crippen molar-refractivity contribution in [3.63, 3.8) is 0 Å². The highest BCUT2D eigenvalue weighted by Gasteiger charge is 2.23. The minimum atomic E-state index is -0.219. The highest BCUT2D eigenvalue weighted by molar-refractivity contribution is 8.01. The van der Waals surface area contributed by atoms with Crippen LogP contribution in [0, 0.1) is 5.82 Å². The van der Waals surface area contributed by atoms with E-state index in [0.29, 0.717) is 5.56 Å². The standard InChI is InChI=1S/C12H14FN3S2/c1-2-10(14)11(18-12-16-15-7-17-12)8-5-3-4-6-9(8)13/h3-7,10-11H,2,14H2,1H3. The highest BCUT2D eigenvalue weighted by Crippen LogP contribution is 2.39. The molecule has 0 spiro atoms. The molecular weight excluding hydrogens is 269 g/mol. The molecule has 2 N–H and O–H groups in total. The Bertz CT molecular complexity index is 490. The minimum Gasteiger partial charge on any atom is -0.326 e. The molecule has 1 heterocycles. The highest BCUT2D eigenvalue weighted by atomic mass is 32.2. The third kappa shape index (κ3) is 3.07.